The lowest BCUT2D eigenvalue weighted by atomic mass is 10.1. The number of hydrogen-bond donors (Lipinski definition) is 1. The highest BCUT2D eigenvalue weighted by molar-refractivity contribution is 6.04. The summed E-state index contributed by atoms with van der Waals surface area (Å²) in [6.45, 7) is 1.87. The van der Waals surface area contributed by atoms with E-state index in [1.54, 1.807) is 36.5 Å². The van der Waals surface area contributed by atoms with Gasteiger partial charge in [0.15, 0.2) is 11.2 Å². The number of aryl methyl sites for hydroxylation is 1. The molecule has 0 aliphatic carbocycles. The average Bonchev–Trinajstić information content (AvgIpc) is 3.07. The smallest absolute Gasteiger partial charge is 0.255 e. The summed E-state index contributed by atoms with van der Waals surface area (Å²) in [5, 5.41) is 2.79. The van der Waals surface area contributed by atoms with E-state index in [1.165, 1.54) is 18.2 Å². The molecule has 0 aliphatic rings. The van der Waals surface area contributed by atoms with E-state index in [-0.39, 0.29) is 11.5 Å². The van der Waals surface area contributed by atoms with Gasteiger partial charge in [-0.2, -0.15) is 4.98 Å². The van der Waals surface area contributed by atoms with Crippen LogP contribution in [0, 0.1) is 12.7 Å². The van der Waals surface area contributed by atoms with Crippen molar-refractivity contribution in [3.05, 3.63) is 77.7 Å². The lowest BCUT2D eigenvalue weighted by Crippen LogP contribution is -2.12. The number of hydrogen-bond acceptors (Lipinski definition) is 4. The summed E-state index contributed by atoms with van der Waals surface area (Å²) in [5.41, 5.74) is 3.68. The first-order valence-corrected chi connectivity index (χ1v) is 8.00. The molecule has 2 heterocycles. The normalized spacial score (nSPS) is 10.8. The molecule has 6 heteroatoms. The number of aromatic nitrogens is 2. The van der Waals surface area contributed by atoms with Crippen LogP contribution in [-0.2, 0) is 0 Å². The molecule has 0 saturated carbocycles. The molecule has 2 aromatic carbocycles. The van der Waals surface area contributed by atoms with Crippen LogP contribution in [0.25, 0.3) is 22.7 Å². The molecule has 0 spiro atoms. The minimum atomic E-state index is -0.450. The molecule has 0 radical (unpaired) electrons. The Hall–Kier alpha value is -3.54. The second-order valence-corrected chi connectivity index (χ2v) is 5.84. The van der Waals surface area contributed by atoms with Gasteiger partial charge in [0, 0.05) is 23.0 Å². The Morgan fingerprint density at radius 3 is 2.77 bits per heavy atom. The molecule has 0 unspecified atom stereocenters. The highest BCUT2D eigenvalue weighted by Gasteiger charge is 2.12. The number of halogens is 1. The van der Waals surface area contributed by atoms with Crippen molar-refractivity contribution in [2.45, 2.75) is 6.92 Å². The first-order chi connectivity index (χ1) is 12.6. The second-order valence-electron chi connectivity index (χ2n) is 5.84. The second kappa shape index (κ2) is 6.40. The molecule has 0 aliphatic heterocycles. The monoisotopic (exact) mass is 347 g/mol. The van der Waals surface area contributed by atoms with Gasteiger partial charge in [-0.25, -0.2) is 9.37 Å². The first-order valence-electron chi connectivity index (χ1n) is 8.00. The molecule has 0 fully saturated rings. The zero-order valence-electron chi connectivity index (χ0n) is 13.9. The Morgan fingerprint density at radius 1 is 1.12 bits per heavy atom. The Kier molecular flexibility index (Phi) is 3.93. The maximum Gasteiger partial charge on any atom is 0.255 e. The highest BCUT2D eigenvalue weighted by Crippen LogP contribution is 2.27. The van der Waals surface area contributed by atoms with Crippen LogP contribution in [-0.4, -0.2) is 15.9 Å². The van der Waals surface area contributed by atoms with E-state index in [9.17, 15) is 9.18 Å². The van der Waals surface area contributed by atoms with Crippen molar-refractivity contribution in [1.82, 2.24) is 9.97 Å². The van der Waals surface area contributed by atoms with Crippen LogP contribution < -0.4 is 5.32 Å². The van der Waals surface area contributed by atoms with Gasteiger partial charge in [0.05, 0.1) is 0 Å². The molecule has 2 aromatic heterocycles. The van der Waals surface area contributed by atoms with Crippen LogP contribution >= 0.6 is 0 Å². The number of nitrogens with zero attached hydrogens (tertiary/aromatic N) is 2. The van der Waals surface area contributed by atoms with Crippen molar-refractivity contribution in [3.8, 4) is 11.5 Å². The molecule has 128 valence electrons. The third kappa shape index (κ3) is 3.04. The van der Waals surface area contributed by atoms with Crippen molar-refractivity contribution in [2.75, 3.05) is 5.32 Å². The number of fused-ring (bicyclic) bond motifs is 1. The predicted molar refractivity (Wildman–Crippen MR) is 96.3 cm³/mol. The minimum Gasteiger partial charge on any atom is -0.434 e. The molecule has 0 atom stereocenters. The van der Waals surface area contributed by atoms with E-state index >= 15 is 0 Å². The SMILES string of the molecule is Cc1cc(-c2nc3ncccc3o2)ccc1NC(=O)c1cccc(F)c1. The van der Waals surface area contributed by atoms with Gasteiger partial charge < -0.3 is 9.73 Å². The quantitative estimate of drug-likeness (QED) is 0.588. The molecular formula is C20H14FN3O2. The first kappa shape index (κ1) is 16.0. The van der Waals surface area contributed by atoms with Crippen LogP contribution in [0.3, 0.4) is 0 Å². The fraction of sp³-hybridized carbons (Fsp3) is 0.0500. The molecule has 5 nitrogen and oxygen atoms in total. The van der Waals surface area contributed by atoms with E-state index in [0.717, 1.165) is 11.1 Å². The number of oxazole rings is 1. The Morgan fingerprint density at radius 2 is 2.00 bits per heavy atom. The molecule has 26 heavy (non-hydrogen) atoms. The molecule has 4 aromatic rings. The highest BCUT2D eigenvalue weighted by atomic mass is 19.1. The maximum atomic E-state index is 13.3. The summed E-state index contributed by atoms with van der Waals surface area (Å²) in [6, 6.07) is 14.6. The topological polar surface area (TPSA) is 68.0 Å². The van der Waals surface area contributed by atoms with E-state index in [0.29, 0.717) is 22.8 Å². The van der Waals surface area contributed by atoms with Gasteiger partial charge in [-0.05, 0) is 61.0 Å². The largest absolute Gasteiger partial charge is 0.434 e. The number of anilines is 1. The van der Waals surface area contributed by atoms with Crippen LogP contribution in [0.5, 0.6) is 0 Å². The van der Waals surface area contributed by atoms with E-state index in [4.69, 9.17) is 4.42 Å². The summed E-state index contributed by atoms with van der Waals surface area (Å²) in [4.78, 5) is 20.8. The third-order valence-corrected chi connectivity index (χ3v) is 3.97. The number of carbonyl (C=O) groups is 1. The zero-order valence-corrected chi connectivity index (χ0v) is 13.9. The van der Waals surface area contributed by atoms with Gasteiger partial charge in [-0.1, -0.05) is 6.07 Å². The van der Waals surface area contributed by atoms with E-state index < -0.39 is 5.82 Å². The van der Waals surface area contributed by atoms with Gasteiger partial charge in [0.1, 0.15) is 5.82 Å². The Bertz CT molecular complexity index is 1090. The molecular weight excluding hydrogens is 333 g/mol. The average molecular weight is 347 g/mol. The summed E-state index contributed by atoms with van der Waals surface area (Å²) >= 11 is 0. The Balaban J connectivity index is 1.60. The number of amides is 1. The van der Waals surface area contributed by atoms with Gasteiger partial charge in [0.2, 0.25) is 5.89 Å². The van der Waals surface area contributed by atoms with Gasteiger partial charge in [-0.15, -0.1) is 0 Å². The maximum absolute atomic E-state index is 13.3. The van der Waals surface area contributed by atoms with E-state index in [1.807, 2.05) is 13.0 Å². The predicted octanol–water partition coefficient (Wildman–Crippen LogP) is 4.59. The summed E-state index contributed by atoms with van der Waals surface area (Å²) in [5.74, 6) is -0.356. The molecule has 4 rings (SSSR count). The van der Waals surface area contributed by atoms with Crippen molar-refractivity contribution >= 4 is 22.8 Å². The fourth-order valence-corrected chi connectivity index (χ4v) is 2.65. The molecule has 1 amide bonds. The molecule has 0 saturated heterocycles. The van der Waals surface area contributed by atoms with Gasteiger partial charge in [0.25, 0.3) is 5.91 Å². The number of pyridine rings is 1. The lowest BCUT2D eigenvalue weighted by Gasteiger charge is -2.09. The van der Waals surface area contributed by atoms with Gasteiger partial charge >= 0.3 is 0 Å². The van der Waals surface area contributed by atoms with Crippen molar-refractivity contribution in [2.24, 2.45) is 0 Å². The van der Waals surface area contributed by atoms with Crippen LogP contribution in [0.15, 0.2) is 65.2 Å². The number of carbonyl (C=O) groups excluding carboxylic acids is 1. The van der Waals surface area contributed by atoms with Crippen molar-refractivity contribution < 1.29 is 13.6 Å². The zero-order chi connectivity index (χ0) is 18.1. The van der Waals surface area contributed by atoms with Crippen LogP contribution in [0.1, 0.15) is 15.9 Å². The molecule has 1 N–H and O–H groups in total. The fourth-order valence-electron chi connectivity index (χ4n) is 2.65. The van der Waals surface area contributed by atoms with Gasteiger partial charge in [-0.3, -0.25) is 4.79 Å². The minimum absolute atomic E-state index is 0.263. The summed E-state index contributed by atoms with van der Waals surface area (Å²) < 4.78 is 19.0. The van der Waals surface area contributed by atoms with E-state index in [2.05, 4.69) is 15.3 Å². The summed E-state index contributed by atoms with van der Waals surface area (Å²) in [6.07, 6.45) is 1.66. The van der Waals surface area contributed by atoms with Crippen LogP contribution in [0.4, 0.5) is 10.1 Å². The molecule has 0 bridgehead atoms. The van der Waals surface area contributed by atoms with Crippen molar-refractivity contribution in [3.63, 3.8) is 0 Å². The summed E-state index contributed by atoms with van der Waals surface area (Å²) in [7, 11) is 0. The number of rotatable bonds is 3. The number of benzene rings is 2. The van der Waals surface area contributed by atoms with Crippen LogP contribution in [0.2, 0.25) is 0 Å². The Labute approximate surface area is 148 Å². The lowest BCUT2D eigenvalue weighted by molar-refractivity contribution is 0.102. The standard InChI is InChI=1S/C20H14FN3O2/c1-12-10-14(20-24-18-17(26-20)6-3-9-22-18)7-8-16(12)23-19(25)13-4-2-5-15(21)11-13/h2-11H,1H3,(H,23,25). The van der Waals surface area contributed by atoms with Crippen molar-refractivity contribution in [1.29, 1.82) is 0 Å². The third-order valence-electron chi connectivity index (χ3n) is 3.97. The number of nitrogens with one attached hydrogen (secondary N) is 1.